The van der Waals surface area contributed by atoms with E-state index in [1.807, 2.05) is 0 Å². The summed E-state index contributed by atoms with van der Waals surface area (Å²) >= 11 is 0. The van der Waals surface area contributed by atoms with Crippen LogP contribution in [-0.4, -0.2) is 0 Å². The van der Waals surface area contributed by atoms with Crippen LogP contribution < -0.4 is 0 Å². The van der Waals surface area contributed by atoms with Crippen molar-refractivity contribution in [3.63, 3.8) is 0 Å². The molecule has 0 amide bonds. The molecule has 0 aromatic carbocycles. The van der Waals surface area contributed by atoms with Crippen molar-refractivity contribution in [3.8, 4) is 0 Å². The topological polar surface area (TPSA) is 0 Å². The van der Waals surface area contributed by atoms with E-state index in [1.165, 1.54) is 38.5 Å². The summed E-state index contributed by atoms with van der Waals surface area (Å²) in [6, 6.07) is 0. The molecule has 0 aromatic heterocycles. The van der Waals surface area contributed by atoms with Crippen LogP contribution in [-0.2, 0) is 0 Å². The number of allylic oxidation sites excluding steroid dienone is 6. The first-order valence-corrected chi connectivity index (χ1v) is 10.8. The van der Waals surface area contributed by atoms with Gasteiger partial charge in [-0.15, -0.1) is 0 Å². The molecule has 0 spiro atoms. The fourth-order valence-electron chi connectivity index (χ4n) is 6.06. The second-order valence-corrected chi connectivity index (χ2v) is 10.1. The molecule has 0 heterocycles. The molecule has 3 rings (SSSR count). The van der Waals surface area contributed by atoms with E-state index in [4.69, 9.17) is 0 Å². The lowest BCUT2D eigenvalue weighted by molar-refractivity contribution is 0.170. The third kappa shape index (κ3) is 3.83. The van der Waals surface area contributed by atoms with E-state index >= 15 is 0 Å². The van der Waals surface area contributed by atoms with Gasteiger partial charge in [0.25, 0.3) is 0 Å². The Labute approximate surface area is 156 Å². The Balaban J connectivity index is 1.95. The van der Waals surface area contributed by atoms with Crippen LogP contribution in [0.4, 0.5) is 0 Å². The Morgan fingerprint density at radius 1 is 1.04 bits per heavy atom. The maximum absolute atomic E-state index is 2.65. The van der Waals surface area contributed by atoms with Crippen molar-refractivity contribution in [2.45, 2.75) is 86.5 Å². The number of hydrogen-bond donors (Lipinski definition) is 0. The van der Waals surface area contributed by atoms with Crippen LogP contribution in [0.5, 0.6) is 0 Å². The monoisotopic (exact) mass is 340 g/mol. The van der Waals surface area contributed by atoms with Crippen LogP contribution in [0.1, 0.15) is 86.5 Å². The average Bonchev–Trinajstić information content (AvgIpc) is 3.09. The van der Waals surface area contributed by atoms with Gasteiger partial charge < -0.3 is 0 Å². The molecule has 3 aliphatic carbocycles. The molecule has 0 N–H and O–H groups in total. The zero-order valence-electron chi connectivity index (χ0n) is 17.6. The summed E-state index contributed by atoms with van der Waals surface area (Å²) in [6.07, 6.45) is 17.2. The molecule has 0 saturated heterocycles. The molecule has 0 radical (unpaired) electrons. The van der Waals surface area contributed by atoms with Crippen molar-refractivity contribution < 1.29 is 0 Å². The summed E-state index contributed by atoms with van der Waals surface area (Å²) in [4.78, 5) is 0. The first kappa shape index (κ1) is 19.0. The summed E-state index contributed by atoms with van der Waals surface area (Å²) in [5.41, 5.74) is 5.48. The highest BCUT2D eigenvalue weighted by atomic mass is 14.5. The molecule has 5 atom stereocenters. The van der Waals surface area contributed by atoms with E-state index in [1.54, 1.807) is 16.7 Å². The minimum absolute atomic E-state index is 0.502. The molecule has 0 bridgehead atoms. The molecule has 0 aromatic rings. The van der Waals surface area contributed by atoms with E-state index < -0.39 is 0 Å². The summed E-state index contributed by atoms with van der Waals surface area (Å²) < 4.78 is 0. The van der Waals surface area contributed by atoms with E-state index in [-0.39, 0.29) is 0 Å². The molecule has 0 aliphatic heterocycles. The Kier molecular flexibility index (Phi) is 5.66. The molecule has 2 saturated carbocycles. The molecule has 140 valence electrons. The summed E-state index contributed by atoms with van der Waals surface area (Å²) in [6.45, 7) is 14.7. The Bertz CT molecular complexity index is 573. The lowest BCUT2D eigenvalue weighted by atomic mass is 9.70. The van der Waals surface area contributed by atoms with E-state index in [0.717, 1.165) is 36.0 Å². The predicted octanol–water partition coefficient (Wildman–Crippen LogP) is 7.72. The number of fused-ring (bicyclic) bond motifs is 2. The van der Waals surface area contributed by atoms with Crippen molar-refractivity contribution in [2.24, 2.45) is 35.0 Å². The largest absolute Gasteiger partial charge is 0.0847 e. The highest BCUT2D eigenvalue weighted by Gasteiger charge is 2.44. The lowest BCUT2D eigenvalue weighted by Crippen LogP contribution is -2.27. The molecular weight excluding hydrogens is 300 g/mol. The van der Waals surface area contributed by atoms with Crippen LogP contribution in [0, 0.1) is 35.0 Å². The average molecular weight is 341 g/mol. The van der Waals surface area contributed by atoms with Crippen LogP contribution in [0.25, 0.3) is 0 Å². The van der Waals surface area contributed by atoms with Crippen molar-refractivity contribution in [2.75, 3.05) is 0 Å². The molecule has 3 aliphatic rings. The van der Waals surface area contributed by atoms with Gasteiger partial charge in [-0.1, -0.05) is 62.6 Å². The van der Waals surface area contributed by atoms with Crippen molar-refractivity contribution in [3.05, 3.63) is 34.9 Å². The summed E-state index contributed by atoms with van der Waals surface area (Å²) in [5, 5.41) is 0. The first-order valence-electron chi connectivity index (χ1n) is 10.8. The Hall–Kier alpha value is -0.780. The predicted molar refractivity (Wildman–Crippen MR) is 110 cm³/mol. The fraction of sp³-hybridized carbons (Fsp3) is 0.760. The van der Waals surface area contributed by atoms with Gasteiger partial charge in [0.2, 0.25) is 0 Å². The molecule has 0 nitrogen and oxygen atoms in total. The highest BCUT2D eigenvalue weighted by molar-refractivity contribution is 5.27. The van der Waals surface area contributed by atoms with Gasteiger partial charge in [0.1, 0.15) is 0 Å². The van der Waals surface area contributed by atoms with Gasteiger partial charge in [0, 0.05) is 5.92 Å². The van der Waals surface area contributed by atoms with Gasteiger partial charge in [-0.25, -0.2) is 0 Å². The van der Waals surface area contributed by atoms with Gasteiger partial charge in [-0.3, -0.25) is 0 Å². The van der Waals surface area contributed by atoms with Crippen LogP contribution in [0.3, 0.4) is 0 Å². The first-order chi connectivity index (χ1) is 11.8. The standard InChI is InChI=1S/C25H40/c1-17(2)21-14-16-25(6)15-13-18(3)7-10-22-19(4)8-11-23(22)20(5)9-12-24(21)25/h9-10,13,17,19,21,23-24H,7-8,11-12,14-16H2,1-6H3/t19-,21+,23+,24-,25-/m1/s1. The Morgan fingerprint density at radius 2 is 1.80 bits per heavy atom. The third-order valence-electron chi connectivity index (χ3n) is 8.00. The van der Waals surface area contributed by atoms with Gasteiger partial charge in [0.15, 0.2) is 0 Å². The quantitative estimate of drug-likeness (QED) is 0.428. The highest BCUT2D eigenvalue weighted by Crippen LogP contribution is 2.54. The van der Waals surface area contributed by atoms with E-state index in [2.05, 4.69) is 59.8 Å². The third-order valence-corrected chi connectivity index (χ3v) is 8.00. The summed E-state index contributed by atoms with van der Waals surface area (Å²) in [7, 11) is 0. The van der Waals surface area contributed by atoms with Gasteiger partial charge in [0.05, 0.1) is 0 Å². The molecule has 0 unspecified atom stereocenters. The minimum atomic E-state index is 0.502. The second kappa shape index (κ2) is 7.45. The van der Waals surface area contributed by atoms with E-state index in [0.29, 0.717) is 5.41 Å². The molecule has 2 fully saturated rings. The fourth-order valence-corrected chi connectivity index (χ4v) is 6.06. The maximum atomic E-state index is 2.65. The minimum Gasteiger partial charge on any atom is -0.0847 e. The van der Waals surface area contributed by atoms with Crippen molar-refractivity contribution in [1.82, 2.24) is 0 Å². The number of rotatable bonds is 1. The molecule has 0 heteroatoms. The smallest absolute Gasteiger partial charge is 0.000714 e. The molecular formula is C25H40. The second-order valence-electron chi connectivity index (χ2n) is 10.1. The van der Waals surface area contributed by atoms with Crippen LogP contribution in [0.15, 0.2) is 34.9 Å². The zero-order chi connectivity index (χ0) is 18.2. The van der Waals surface area contributed by atoms with Crippen molar-refractivity contribution in [1.29, 1.82) is 0 Å². The summed E-state index contributed by atoms with van der Waals surface area (Å²) in [5.74, 6) is 4.09. The normalized spacial score (nSPS) is 39.7. The lowest BCUT2D eigenvalue weighted by Gasteiger charge is -2.35. The van der Waals surface area contributed by atoms with Gasteiger partial charge in [-0.2, -0.15) is 0 Å². The van der Waals surface area contributed by atoms with Crippen LogP contribution in [0.2, 0.25) is 0 Å². The van der Waals surface area contributed by atoms with Gasteiger partial charge >= 0.3 is 0 Å². The number of hydrogen-bond acceptors (Lipinski definition) is 0. The molecule has 25 heavy (non-hydrogen) atoms. The SMILES string of the molecule is CC1=CC[C@]2(C)CC[C@@H](C(C)C)[C@H]2CC=C(C)[C@@H]2CC[C@@H](C)C2=CC1. The maximum Gasteiger partial charge on any atom is 0.000714 e. The van der Waals surface area contributed by atoms with Crippen molar-refractivity contribution >= 4 is 0 Å². The van der Waals surface area contributed by atoms with Gasteiger partial charge in [-0.05, 0) is 87.9 Å². The van der Waals surface area contributed by atoms with E-state index in [9.17, 15) is 0 Å². The zero-order valence-corrected chi connectivity index (χ0v) is 17.6. The van der Waals surface area contributed by atoms with Crippen LogP contribution >= 0.6 is 0 Å². The Morgan fingerprint density at radius 3 is 2.52 bits per heavy atom.